The van der Waals surface area contributed by atoms with Crippen LogP contribution in [0.5, 0.6) is 0 Å². The molecule has 0 bridgehead atoms. The van der Waals surface area contributed by atoms with Crippen LogP contribution in [0.4, 0.5) is 0 Å². The van der Waals surface area contributed by atoms with E-state index in [1.165, 1.54) is 22.3 Å². The normalized spacial score (nSPS) is 13.9. The van der Waals surface area contributed by atoms with Crippen LogP contribution in [0.25, 0.3) is 0 Å². The standard InChI is InChI=1S/C56H84Ge2/c1-49(2,3)37-25-29-41(53(13,14)15)45(33-37)57(46-34-38(50(4,5)6)26-30-42(46)54(16,17)18)58(47-35-39(51(7,8)9)27-31-43(47)55(19,20)21)48-36-40(52(10,11)12)28-32-44(48)56(22,23)24/h25-36H,1-24H3. The molecule has 0 nitrogen and oxygen atoms in total. The molecule has 316 valence electrons. The van der Waals surface area contributed by atoms with Crippen molar-refractivity contribution in [2.75, 3.05) is 0 Å². The molecule has 0 saturated carbocycles. The Morgan fingerprint density at radius 3 is 0.500 bits per heavy atom. The molecule has 0 amide bonds. The van der Waals surface area contributed by atoms with E-state index < -0.39 is 23.7 Å². The van der Waals surface area contributed by atoms with Gasteiger partial charge in [0.1, 0.15) is 0 Å². The molecule has 4 aromatic carbocycles. The van der Waals surface area contributed by atoms with Gasteiger partial charge in [-0.3, -0.25) is 0 Å². The Morgan fingerprint density at radius 2 is 0.379 bits per heavy atom. The van der Waals surface area contributed by atoms with E-state index in [9.17, 15) is 0 Å². The fraction of sp³-hybridized carbons (Fsp3) is 0.571. The third kappa shape index (κ3) is 10.9. The Hall–Kier alpha value is -2.03. The summed E-state index contributed by atoms with van der Waals surface area (Å²) in [5, 5.41) is 0. The molecule has 0 spiro atoms. The van der Waals surface area contributed by atoms with Crippen molar-refractivity contribution in [1.82, 2.24) is 0 Å². The van der Waals surface area contributed by atoms with Gasteiger partial charge in [-0.15, -0.1) is 0 Å². The monoisotopic (exact) mass is 904 g/mol. The second-order valence-corrected chi connectivity index (χ2v) is 44.4. The first kappa shape index (κ1) is 48.6. The summed E-state index contributed by atoms with van der Waals surface area (Å²) in [6, 6.07) is 31.2. The van der Waals surface area contributed by atoms with Gasteiger partial charge in [0.15, 0.2) is 0 Å². The maximum atomic E-state index is 2.76. The molecule has 0 saturated heterocycles. The fourth-order valence-corrected chi connectivity index (χ4v) is 41.2. The third-order valence-electron chi connectivity index (χ3n) is 12.1. The molecule has 4 aromatic rings. The van der Waals surface area contributed by atoms with E-state index in [4.69, 9.17) is 0 Å². The van der Waals surface area contributed by atoms with Crippen LogP contribution in [0.15, 0.2) is 72.8 Å². The Balaban J connectivity index is 2.70. The quantitative estimate of drug-likeness (QED) is 0.179. The van der Waals surface area contributed by atoms with Crippen LogP contribution >= 0.6 is 0 Å². The van der Waals surface area contributed by atoms with Gasteiger partial charge in [-0.1, -0.05) is 0 Å². The summed E-state index contributed by atoms with van der Waals surface area (Å²) in [6.07, 6.45) is 0. The zero-order valence-corrected chi connectivity index (χ0v) is 46.1. The van der Waals surface area contributed by atoms with Gasteiger partial charge in [0.25, 0.3) is 0 Å². The van der Waals surface area contributed by atoms with Crippen LogP contribution < -0.4 is 17.6 Å². The molecule has 0 aliphatic rings. The number of hydrogen-bond donors (Lipinski definition) is 0. The number of rotatable bonds is 4. The van der Waals surface area contributed by atoms with Crippen LogP contribution in [0.1, 0.15) is 211 Å². The summed E-state index contributed by atoms with van der Waals surface area (Å²) in [4.78, 5) is 0. The molecule has 0 fully saturated rings. The van der Waals surface area contributed by atoms with Crippen molar-refractivity contribution in [2.45, 2.75) is 209 Å². The maximum absolute atomic E-state index is 2.76. The van der Waals surface area contributed by atoms with E-state index in [0.717, 1.165) is 0 Å². The average Bonchev–Trinajstić information content (AvgIpc) is 3.02. The molecule has 0 radical (unpaired) electrons. The summed E-state index contributed by atoms with van der Waals surface area (Å²) in [7, 11) is 0. The van der Waals surface area contributed by atoms with E-state index in [1.807, 2.05) is 0 Å². The Labute approximate surface area is 365 Å². The second kappa shape index (κ2) is 16.0. The second-order valence-electron chi connectivity index (χ2n) is 25.8. The van der Waals surface area contributed by atoms with Crippen LogP contribution in [-0.2, 0) is 43.3 Å². The number of benzene rings is 4. The molecular formula is C56H84Ge2. The minimum absolute atomic E-state index is 0.0167. The van der Waals surface area contributed by atoms with Gasteiger partial charge >= 0.3 is 368 Å². The van der Waals surface area contributed by atoms with Gasteiger partial charge in [-0.2, -0.15) is 0 Å². The molecule has 0 aliphatic heterocycles. The third-order valence-corrected chi connectivity index (χ3v) is 38.3. The van der Waals surface area contributed by atoms with Crippen LogP contribution in [0, 0.1) is 0 Å². The van der Waals surface area contributed by atoms with Gasteiger partial charge in [0.05, 0.1) is 0 Å². The predicted octanol–water partition coefficient (Wildman–Crippen LogP) is 13.1. The fourth-order valence-electron chi connectivity index (χ4n) is 8.32. The molecule has 0 heterocycles. The van der Waals surface area contributed by atoms with Crippen molar-refractivity contribution in [3.05, 3.63) is 117 Å². The van der Waals surface area contributed by atoms with Gasteiger partial charge < -0.3 is 0 Å². The first-order valence-corrected chi connectivity index (χ1v) is 32.9. The van der Waals surface area contributed by atoms with Crippen molar-refractivity contribution < 1.29 is 0 Å². The van der Waals surface area contributed by atoms with Crippen molar-refractivity contribution in [1.29, 1.82) is 0 Å². The van der Waals surface area contributed by atoms with Crippen molar-refractivity contribution in [3.8, 4) is 0 Å². The Kier molecular flexibility index (Phi) is 13.4. The molecule has 0 aliphatic carbocycles. The zero-order valence-electron chi connectivity index (χ0n) is 41.9. The SMILES string of the molecule is CC(C)(C)c1ccc(C(C)(C)C)[c]([Ge]([c]2cc(C(C)(C)C)ccc2C(C)(C)C)=[Ge]([c]2cc(C(C)(C)C)ccc2C(C)(C)C)[c]2cc(C(C)(C)C)ccc2C(C)(C)C)c1. The minimum atomic E-state index is -2.65. The van der Waals surface area contributed by atoms with Crippen molar-refractivity contribution in [3.63, 3.8) is 0 Å². The molecular weight excluding hydrogens is 818 g/mol. The molecule has 2 heteroatoms. The van der Waals surface area contributed by atoms with Crippen molar-refractivity contribution >= 4 is 41.3 Å². The summed E-state index contributed by atoms with van der Waals surface area (Å²) in [6.45, 7) is 58.6. The molecule has 0 atom stereocenters. The van der Waals surface area contributed by atoms with E-state index in [0.29, 0.717) is 0 Å². The summed E-state index contributed by atoms with van der Waals surface area (Å²) in [5.41, 5.74) is 12.1. The molecule has 58 heavy (non-hydrogen) atoms. The summed E-state index contributed by atoms with van der Waals surface area (Å²) >= 11 is -5.30. The van der Waals surface area contributed by atoms with Crippen LogP contribution in [-0.4, -0.2) is 23.7 Å². The number of hydrogen-bond acceptors (Lipinski definition) is 0. The summed E-state index contributed by atoms with van der Waals surface area (Å²) in [5.74, 6) is 0. The van der Waals surface area contributed by atoms with Crippen LogP contribution in [0.2, 0.25) is 0 Å². The van der Waals surface area contributed by atoms with E-state index >= 15 is 0 Å². The average molecular weight is 903 g/mol. The zero-order chi connectivity index (χ0) is 44.6. The molecule has 4 rings (SSSR count). The van der Waals surface area contributed by atoms with E-state index in [2.05, 4.69) is 239 Å². The first-order valence-electron chi connectivity index (χ1n) is 22.2. The van der Waals surface area contributed by atoms with E-state index in [-0.39, 0.29) is 43.3 Å². The van der Waals surface area contributed by atoms with Gasteiger partial charge in [-0.05, 0) is 0 Å². The molecule has 0 aromatic heterocycles. The first-order chi connectivity index (χ1) is 25.8. The molecule has 0 unspecified atom stereocenters. The van der Waals surface area contributed by atoms with Gasteiger partial charge in [0.2, 0.25) is 0 Å². The Bertz CT molecular complexity index is 1850. The molecule has 0 N–H and O–H groups in total. The van der Waals surface area contributed by atoms with Gasteiger partial charge in [0, 0.05) is 0 Å². The topological polar surface area (TPSA) is 0 Å². The van der Waals surface area contributed by atoms with Gasteiger partial charge in [-0.25, -0.2) is 0 Å². The van der Waals surface area contributed by atoms with Crippen LogP contribution in [0.3, 0.4) is 0 Å². The predicted molar refractivity (Wildman–Crippen MR) is 265 cm³/mol. The Morgan fingerprint density at radius 1 is 0.224 bits per heavy atom. The van der Waals surface area contributed by atoms with Crippen molar-refractivity contribution in [2.24, 2.45) is 0 Å². The van der Waals surface area contributed by atoms with E-state index in [1.54, 1.807) is 39.8 Å². The summed E-state index contributed by atoms with van der Waals surface area (Å²) < 4.78 is 6.81.